The second-order valence-electron chi connectivity index (χ2n) is 7.66. The highest BCUT2D eigenvalue weighted by atomic mass is 14.2. The van der Waals surface area contributed by atoms with Crippen molar-refractivity contribution >= 4 is 11.6 Å². The van der Waals surface area contributed by atoms with E-state index in [-0.39, 0.29) is 5.41 Å². The van der Waals surface area contributed by atoms with Crippen molar-refractivity contribution in [2.45, 2.75) is 33.1 Å². The molecule has 0 nitrogen and oxygen atoms in total. The summed E-state index contributed by atoms with van der Waals surface area (Å²) in [6.07, 6.45) is 2.28. The van der Waals surface area contributed by atoms with E-state index in [9.17, 15) is 0 Å². The van der Waals surface area contributed by atoms with Gasteiger partial charge in [0, 0.05) is 0 Å². The fourth-order valence-corrected chi connectivity index (χ4v) is 2.93. The molecule has 0 heteroatoms. The maximum Gasteiger partial charge on any atom is -0.0105 e. The van der Waals surface area contributed by atoms with Crippen molar-refractivity contribution < 1.29 is 0 Å². The molecule has 0 bridgehead atoms. The van der Waals surface area contributed by atoms with E-state index in [1.54, 1.807) is 0 Å². The lowest BCUT2D eigenvalue weighted by atomic mass is 9.86. The first-order valence-corrected chi connectivity index (χ1v) is 8.88. The minimum Gasteiger partial charge on any atom is -0.0622 e. The van der Waals surface area contributed by atoms with E-state index >= 15 is 0 Å². The minimum atomic E-state index is 0.182. The summed E-state index contributed by atoms with van der Waals surface area (Å²) in [5, 5.41) is 0. The molecule has 126 valence electrons. The molecular weight excluding hydrogens is 300 g/mol. The average molecular weight is 326 g/mol. The van der Waals surface area contributed by atoms with Crippen molar-refractivity contribution in [3.63, 3.8) is 0 Å². The maximum atomic E-state index is 2.28. The molecule has 25 heavy (non-hydrogen) atoms. The second kappa shape index (κ2) is 7.11. The van der Waals surface area contributed by atoms with Gasteiger partial charge < -0.3 is 0 Å². The van der Waals surface area contributed by atoms with E-state index in [4.69, 9.17) is 0 Å². The summed E-state index contributed by atoms with van der Waals surface area (Å²) in [4.78, 5) is 0. The van der Waals surface area contributed by atoms with Crippen LogP contribution in [0.4, 0.5) is 0 Å². The molecule has 3 aromatic rings. The zero-order valence-electron chi connectivity index (χ0n) is 15.6. The van der Waals surface area contributed by atoms with Crippen LogP contribution in [0.25, 0.3) is 11.6 Å². The highest BCUT2D eigenvalue weighted by molar-refractivity contribution is 5.91. The van der Waals surface area contributed by atoms with Crippen LogP contribution < -0.4 is 0 Å². The molecule has 0 aliphatic carbocycles. The molecule has 0 amide bonds. The summed E-state index contributed by atoms with van der Waals surface area (Å²) >= 11 is 0. The van der Waals surface area contributed by atoms with Gasteiger partial charge in [0.1, 0.15) is 0 Å². The van der Waals surface area contributed by atoms with Crippen LogP contribution in [-0.2, 0) is 5.41 Å². The summed E-state index contributed by atoms with van der Waals surface area (Å²) in [6.45, 7) is 8.87. The SMILES string of the molecule is Cc1ccc(/C(=C/c2ccc(C(C)(C)C)cc2)c2ccccc2)cc1. The van der Waals surface area contributed by atoms with Gasteiger partial charge in [0.05, 0.1) is 0 Å². The Morgan fingerprint density at radius 2 is 1.24 bits per heavy atom. The van der Waals surface area contributed by atoms with Crippen LogP contribution in [0, 0.1) is 6.92 Å². The van der Waals surface area contributed by atoms with Crippen molar-refractivity contribution in [2.24, 2.45) is 0 Å². The van der Waals surface area contributed by atoms with Crippen LogP contribution in [-0.4, -0.2) is 0 Å². The maximum absolute atomic E-state index is 2.28. The molecule has 0 aromatic heterocycles. The quantitative estimate of drug-likeness (QED) is 0.460. The van der Waals surface area contributed by atoms with E-state index in [2.05, 4.69) is 113 Å². The highest BCUT2D eigenvalue weighted by Gasteiger charge is 2.13. The number of benzene rings is 3. The Balaban J connectivity index is 2.05. The molecule has 3 aromatic carbocycles. The van der Waals surface area contributed by atoms with Gasteiger partial charge >= 0.3 is 0 Å². The third-order valence-corrected chi connectivity index (χ3v) is 4.54. The number of aryl methyl sites for hydroxylation is 1. The lowest BCUT2D eigenvalue weighted by molar-refractivity contribution is 0.590. The van der Waals surface area contributed by atoms with Crippen LogP contribution >= 0.6 is 0 Å². The topological polar surface area (TPSA) is 0 Å². The van der Waals surface area contributed by atoms with Crippen molar-refractivity contribution in [2.75, 3.05) is 0 Å². The van der Waals surface area contributed by atoms with E-state index in [1.165, 1.54) is 33.4 Å². The second-order valence-corrected chi connectivity index (χ2v) is 7.66. The third kappa shape index (κ3) is 4.28. The Morgan fingerprint density at radius 3 is 1.80 bits per heavy atom. The molecule has 0 radical (unpaired) electrons. The van der Waals surface area contributed by atoms with Gasteiger partial charge in [-0.1, -0.05) is 105 Å². The fraction of sp³-hybridized carbons (Fsp3) is 0.200. The van der Waals surface area contributed by atoms with E-state index in [1.807, 2.05) is 0 Å². The van der Waals surface area contributed by atoms with Gasteiger partial charge in [-0.05, 0) is 46.2 Å². The van der Waals surface area contributed by atoms with E-state index in [0.29, 0.717) is 0 Å². The van der Waals surface area contributed by atoms with Crippen LogP contribution in [0.5, 0.6) is 0 Å². The minimum absolute atomic E-state index is 0.182. The molecule has 0 unspecified atom stereocenters. The van der Waals surface area contributed by atoms with Crippen molar-refractivity contribution in [1.29, 1.82) is 0 Å². The van der Waals surface area contributed by atoms with Crippen molar-refractivity contribution in [1.82, 2.24) is 0 Å². The van der Waals surface area contributed by atoms with Crippen LogP contribution in [0.1, 0.15) is 48.6 Å². The molecule has 0 fully saturated rings. The van der Waals surface area contributed by atoms with Gasteiger partial charge in [-0.2, -0.15) is 0 Å². The molecule has 0 spiro atoms. The van der Waals surface area contributed by atoms with Gasteiger partial charge in [0.15, 0.2) is 0 Å². The lowest BCUT2D eigenvalue weighted by Gasteiger charge is -2.19. The summed E-state index contributed by atoms with van der Waals surface area (Å²) in [5.41, 5.74) is 7.80. The first kappa shape index (κ1) is 17.2. The summed E-state index contributed by atoms with van der Waals surface area (Å²) in [6, 6.07) is 28.3. The molecule has 0 aliphatic heterocycles. The molecule has 3 rings (SSSR count). The first-order chi connectivity index (χ1) is 11.9. The smallest absolute Gasteiger partial charge is 0.0105 e. The third-order valence-electron chi connectivity index (χ3n) is 4.54. The molecule has 0 saturated heterocycles. The van der Waals surface area contributed by atoms with Gasteiger partial charge in [-0.25, -0.2) is 0 Å². The number of hydrogen-bond acceptors (Lipinski definition) is 0. The summed E-state index contributed by atoms with van der Waals surface area (Å²) in [7, 11) is 0. The predicted octanol–water partition coefficient (Wildman–Crippen LogP) is 6.88. The molecule has 0 heterocycles. The Kier molecular flexibility index (Phi) is 4.90. The van der Waals surface area contributed by atoms with Gasteiger partial charge in [-0.15, -0.1) is 0 Å². The van der Waals surface area contributed by atoms with Crippen LogP contribution in [0.2, 0.25) is 0 Å². The standard InChI is InChI=1S/C25H26/c1-19-10-14-22(15-11-19)24(21-8-6-5-7-9-21)18-20-12-16-23(17-13-20)25(2,3)4/h5-18H,1-4H3/b24-18+. The normalized spacial score (nSPS) is 12.2. The number of rotatable bonds is 3. The summed E-state index contributed by atoms with van der Waals surface area (Å²) in [5.74, 6) is 0. The van der Waals surface area contributed by atoms with Gasteiger partial charge in [0.25, 0.3) is 0 Å². The van der Waals surface area contributed by atoms with E-state index in [0.717, 1.165) is 0 Å². The molecule has 0 N–H and O–H groups in total. The highest BCUT2D eigenvalue weighted by Crippen LogP contribution is 2.28. The Labute approximate surface area is 151 Å². The summed E-state index contributed by atoms with van der Waals surface area (Å²) < 4.78 is 0. The zero-order valence-corrected chi connectivity index (χ0v) is 15.6. The van der Waals surface area contributed by atoms with Crippen LogP contribution in [0.3, 0.4) is 0 Å². The van der Waals surface area contributed by atoms with Gasteiger partial charge in [-0.3, -0.25) is 0 Å². The van der Waals surface area contributed by atoms with E-state index < -0.39 is 0 Å². The Morgan fingerprint density at radius 1 is 0.680 bits per heavy atom. The average Bonchev–Trinajstić information content (AvgIpc) is 2.61. The molecule has 0 atom stereocenters. The van der Waals surface area contributed by atoms with Gasteiger partial charge in [0.2, 0.25) is 0 Å². The Bertz CT molecular complexity index is 843. The Hall–Kier alpha value is -2.60. The molecule has 0 aliphatic rings. The predicted molar refractivity (Wildman–Crippen MR) is 110 cm³/mol. The zero-order chi connectivity index (χ0) is 17.9. The van der Waals surface area contributed by atoms with Crippen molar-refractivity contribution in [3.8, 4) is 0 Å². The fourth-order valence-electron chi connectivity index (χ4n) is 2.93. The number of hydrogen-bond donors (Lipinski definition) is 0. The van der Waals surface area contributed by atoms with Crippen LogP contribution in [0.15, 0.2) is 78.9 Å². The largest absolute Gasteiger partial charge is 0.0622 e. The monoisotopic (exact) mass is 326 g/mol. The van der Waals surface area contributed by atoms with Crippen molar-refractivity contribution in [3.05, 3.63) is 107 Å². The first-order valence-electron chi connectivity index (χ1n) is 8.88. The molecular formula is C25H26. The lowest BCUT2D eigenvalue weighted by Crippen LogP contribution is -2.10. The molecule has 0 saturated carbocycles.